The molecule has 0 aliphatic carbocycles. The van der Waals surface area contributed by atoms with Crippen LogP contribution >= 0.6 is 24.0 Å². The number of halogens is 1. The summed E-state index contributed by atoms with van der Waals surface area (Å²) in [6.07, 6.45) is 0. The number of guanidine groups is 1. The maximum atomic E-state index is 5.67. The third kappa shape index (κ3) is 8.80. The second-order valence-electron chi connectivity index (χ2n) is 5.57. The highest BCUT2D eigenvalue weighted by Gasteiger charge is 2.01. The van der Waals surface area contributed by atoms with Crippen molar-refractivity contribution in [2.45, 2.75) is 40.3 Å². The summed E-state index contributed by atoms with van der Waals surface area (Å²) in [5, 5.41) is 6.54. The van der Waals surface area contributed by atoms with E-state index >= 15 is 0 Å². The van der Waals surface area contributed by atoms with Gasteiger partial charge in [0.1, 0.15) is 5.75 Å². The third-order valence-electron chi connectivity index (χ3n) is 2.62. The van der Waals surface area contributed by atoms with Crippen molar-refractivity contribution in [2.75, 3.05) is 13.7 Å². The summed E-state index contributed by atoms with van der Waals surface area (Å²) < 4.78 is 5.67. The fraction of sp³-hybridized carbons (Fsp3) is 0.562. The van der Waals surface area contributed by atoms with Crippen LogP contribution < -0.4 is 15.4 Å². The van der Waals surface area contributed by atoms with Crippen LogP contribution in [0.15, 0.2) is 29.3 Å². The molecule has 0 bridgehead atoms. The summed E-state index contributed by atoms with van der Waals surface area (Å²) >= 11 is 0. The predicted octanol–water partition coefficient (Wildman–Crippen LogP) is 3.41. The molecule has 0 aliphatic rings. The quantitative estimate of drug-likeness (QED) is 0.433. The van der Waals surface area contributed by atoms with Crippen LogP contribution in [0.4, 0.5) is 0 Å². The van der Waals surface area contributed by atoms with Gasteiger partial charge >= 0.3 is 0 Å². The van der Waals surface area contributed by atoms with Crippen LogP contribution in [0.2, 0.25) is 0 Å². The Morgan fingerprint density at radius 1 is 1.14 bits per heavy atom. The second kappa shape index (κ2) is 10.7. The molecule has 1 aromatic rings. The van der Waals surface area contributed by atoms with E-state index in [0.29, 0.717) is 12.0 Å². The highest BCUT2D eigenvalue weighted by atomic mass is 127. The number of hydrogen-bond acceptors (Lipinski definition) is 2. The first-order valence-electron chi connectivity index (χ1n) is 7.20. The number of ether oxygens (including phenoxy) is 1. The van der Waals surface area contributed by atoms with Gasteiger partial charge in [0.05, 0.1) is 6.61 Å². The zero-order chi connectivity index (χ0) is 15.0. The molecule has 5 heteroatoms. The molecule has 0 fully saturated rings. The maximum absolute atomic E-state index is 5.67. The highest BCUT2D eigenvalue weighted by molar-refractivity contribution is 14.0. The van der Waals surface area contributed by atoms with E-state index < -0.39 is 0 Å². The van der Waals surface area contributed by atoms with Crippen LogP contribution in [0.3, 0.4) is 0 Å². The molecular formula is C16H28IN3O. The summed E-state index contributed by atoms with van der Waals surface area (Å²) in [5.74, 6) is 2.29. The van der Waals surface area contributed by atoms with E-state index in [2.05, 4.69) is 55.5 Å². The van der Waals surface area contributed by atoms with Crippen LogP contribution in [0.25, 0.3) is 0 Å². The van der Waals surface area contributed by atoms with Gasteiger partial charge in [-0.2, -0.15) is 0 Å². The van der Waals surface area contributed by atoms with Gasteiger partial charge in [-0.1, -0.05) is 26.0 Å². The summed E-state index contributed by atoms with van der Waals surface area (Å²) in [7, 11) is 1.78. The van der Waals surface area contributed by atoms with Crippen molar-refractivity contribution in [2.24, 2.45) is 10.9 Å². The Balaban J connectivity index is 0.00000400. The standard InChI is InChI=1S/C16H27N3O.HI/c1-12(2)11-20-15-8-6-14(7-9-15)10-18-16(17-5)19-13(3)4;/h6-9,12-13H,10-11H2,1-5H3,(H2,17,18,19);1H. The van der Waals surface area contributed by atoms with E-state index in [1.165, 1.54) is 5.56 Å². The number of hydrogen-bond donors (Lipinski definition) is 2. The van der Waals surface area contributed by atoms with Crippen LogP contribution in [0.5, 0.6) is 5.75 Å². The highest BCUT2D eigenvalue weighted by Crippen LogP contribution is 2.13. The van der Waals surface area contributed by atoms with E-state index in [-0.39, 0.29) is 24.0 Å². The number of rotatable bonds is 6. The number of nitrogens with zero attached hydrogens (tertiary/aromatic N) is 1. The molecule has 0 aromatic heterocycles. The van der Waals surface area contributed by atoms with Gasteiger partial charge in [-0.25, -0.2) is 0 Å². The average molecular weight is 405 g/mol. The van der Waals surface area contributed by atoms with Crippen LogP contribution in [0.1, 0.15) is 33.3 Å². The maximum Gasteiger partial charge on any atom is 0.191 e. The zero-order valence-electron chi connectivity index (χ0n) is 13.6. The molecule has 0 spiro atoms. The smallest absolute Gasteiger partial charge is 0.191 e. The molecule has 0 heterocycles. The number of nitrogens with one attached hydrogen (secondary N) is 2. The second-order valence-corrected chi connectivity index (χ2v) is 5.57. The van der Waals surface area contributed by atoms with E-state index in [1.807, 2.05) is 12.1 Å². The Bertz CT molecular complexity index is 416. The minimum Gasteiger partial charge on any atom is -0.493 e. The van der Waals surface area contributed by atoms with Crippen LogP contribution in [0, 0.1) is 5.92 Å². The molecule has 0 unspecified atom stereocenters. The Kier molecular flexibility index (Phi) is 10.2. The monoisotopic (exact) mass is 405 g/mol. The molecule has 1 rings (SSSR count). The average Bonchev–Trinajstić information content (AvgIpc) is 2.41. The molecule has 0 saturated carbocycles. The first-order valence-corrected chi connectivity index (χ1v) is 7.20. The predicted molar refractivity (Wildman–Crippen MR) is 101 cm³/mol. The van der Waals surface area contributed by atoms with Crippen molar-refractivity contribution in [1.29, 1.82) is 0 Å². The van der Waals surface area contributed by atoms with Crippen molar-refractivity contribution in [3.8, 4) is 5.75 Å². The first kappa shape index (κ1) is 20.0. The minimum absolute atomic E-state index is 0. The number of aliphatic imine (C=N–C) groups is 1. The molecule has 0 amide bonds. The van der Waals surface area contributed by atoms with Crippen LogP contribution in [-0.2, 0) is 6.54 Å². The van der Waals surface area contributed by atoms with E-state index in [9.17, 15) is 0 Å². The summed E-state index contributed by atoms with van der Waals surface area (Å²) in [4.78, 5) is 4.18. The first-order chi connectivity index (χ1) is 9.51. The fourth-order valence-electron chi connectivity index (χ4n) is 1.62. The lowest BCUT2D eigenvalue weighted by atomic mass is 10.2. The fourth-order valence-corrected chi connectivity index (χ4v) is 1.62. The molecule has 4 nitrogen and oxygen atoms in total. The molecular weight excluding hydrogens is 377 g/mol. The summed E-state index contributed by atoms with van der Waals surface area (Å²) in [6, 6.07) is 8.54. The largest absolute Gasteiger partial charge is 0.493 e. The normalized spacial score (nSPS) is 11.3. The topological polar surface area (TPSA) is 45.7 Å². The van der Waals surface area contributed by atoms with Crippen LogP contribution in [-0.4, -0.2) is 25.7 Å². The van der Waals surface area contributed by atoms with E-state index in [1.54, 1.807) is 7.05 Å². The molecule has 120 valence electrons. The van der Waals surface area contributed by atoms with E-state index in [0.717, 1.165) is 24.9 Å². The Morgan fingerprint density at radius 3 is 2.24 bits per heavy atom. The van der Waals surface area contributed by atoms with E-state index in [4.69, 9.17) is 4.74 Å². The molecule has 0 saturated heterocycles. The lowest BCUT2D eigenvalue weighted by Crippen LogP contribution is -2.40. The van der Waals surface area contributed by atoms with Crippen molar-refractivity contribution in [1.82, 2.24) is 10.6 Å². The Hall–Kier alpha value is -0.980. The van der Waals surface area contributed by atoms with Gasteiger partial charge in [0.2, 0.25) is 0 Å². The summed E-state index contributed by atoms with van der Waals surface area (Å²) in [6.45, 7) is 9.97. The van der Waals surface area contributed by atoms with Crippen molar-refractivity contribution in [3.05, 3.63) is 29.8 Å². The zero-order valence-corrected chi connectivity index (χ0v) is 16.0. The van der Waals surface area contributed by atoms with Crippen molar-refractivity contribution < 1.29 is 4.74 Å². The minimum atomic E-state index is 0. The van der Waals surface area contributed by atoms with Gasteiger partial charge in [-0.05, 0) is 37.5 Å². The molecule has 0 atom stereocenters. The van der Waals surface area contributed by atoms with Gasteiger partial charge in [0.15, 0.2) is 5.96 Å². The number of benzene rings is 1. The summed E-state index contributed by atoms with van der Waals surface area (Å²) in [5.41, 5.74) is 1.20. The SMILES string of the molecule is CN=C(NCc1ccc(OCC(C)C)cc1)NC(C)C.I. The van der Waals surface area contributed by atoms with Gasteiger partial charge in [-0.15, -0.1) is 24.0 Å². The third-order valence-corrected chi connectivity index (χ3v) is 2.62. The molecule has 0 aliphatic heterocycles. The molecule has 0 radical (unpaired) electrons. The lowest BCUT2D eigenvalue weighted by Gasteiger charge is -2.14. The van der Waals surface area contributed by atoms with Gasteiger partial charge in [-0.3, -0.25) is 4.99 Å². The molecule has 21 heavy (non-hydrogen) atoms. The van der Waals surface area contributed by atoms with Crippen molar-refractivity contribution >= 4 is 29.9 Å². The van der Waals surface area contributed by atoms with Crippen molar-refractivity contribution in [3.63, 3.8) is 0 Å². The van der Waals surface area contributed by atoms with Gasteiger partial charge in [0.25, 0.3) is 0 Å². The molecule has 1 aromatic carbocycles. The lowest BCUT2D eigenvalue weighted by molar-refractivity contribution is 0.271. The van der Waals surface area contributed by atoms with Gasteiger partial charge in [0, 0.05) is 19.6 Å². The van der Waals surface area contributed by atoms with Gasteiger partial charge < -0.3 is 15.4 Å². The Morgan fingerprint density at radius 2 is 1.76 bits per heavy atom. The Labute approximate surface area is 145 Å². The molecule has 2 N–H and O–H groups in total.